The summed E-state index contributed by atoms with van der Waals surface area (Å²) in [6.07, 6.45) is 2.39. The number of nitrogens with zero attached hydrogens (tertiary/aromatic N) is 3. The molecule has 2 aliphatic rings. The van der Waals surface area contributed by atoms with Crippen LogP contribution >= 0.6 is 0 Å². The van der Waals surface area contributed by atoms with Gasteiger partial charge >= 0.3 is 0 Å². The molecule has 2 saturated heterocycles. The number of fused-ring (bicyclic) bond motifs is 1. The first-order valence-corrected chi connectivity index (χ1v) is 10.3. The van der Waals surface area contributed by atoms with Gasteiger partial charge in [-0.25, -0.2) is 0 Å². The van der Waals surface area contributed by atoms with Gasteiger partial charge in [0.15, 0.2) is 0 Å². The number of piperazine rings is 1. The number of ether oxygens (including phenoxy) is 1. The Kier molecular flexibility index (Phi) is 4.93. The molecule has 1 aromatic heterocycles. The zero-order chi connectivity index (χ0) is 20.5. The lowest BCUT2D eigenvalue weighted by Gasteiger charge is -2.38. The minimum atomic E-state index is -0.274. The lowest BCUT2D eigenvalue weighted by atomic mass is 10.0. The molecule has 2 aliphatic heterocycles. The molecule has 1 atom stereocenters. The Hall–Kier alpha value is -3.25. The number of pyridine rings is 1. The van der Waals surface area contributed by atoms with Crippen LogP contribution in [0.25, 0.3) is 22.0 Å². The highest BCUT2D eigenvalue weighted by Crippen LogP contribution is 2.24. The van der Waals surface area contributed by atoms with E-state index in [4.69, 9.17) is 4.74 Å². The largest absolute Gasteiger partial charge is 0.368 e. The second-order valence-corrected chi connectivity index (χ2v) is 7.76. The summed E-state index contributed by atoms with van der Waals surface area (Å²) in [6.45, 7) is 2.89. The van der Waals surface area contributed by atoms with Crippen LogP contribution in [0.5, 0.6) is 0 Å². The van der Waals surface area contributed by atoms with Crippen LogP contribution in [0.4, 0.5) is 0 Å². The number of para-hydroxylation sites is 1. The van der Waals surface area contributed by atoms with E-state index < -0.39 is 0 Å². The summed E-state index contributed by atoms with van der Waals surface area (Å²) >= 11 is 0. The van der Waals surface area contributed by atoms with Crippen LogP contribution < -0.4 is 0 Å². The average molecular weight is 401 g/mol. The Bertz CT molecular complexity index is 1080. The predicted octanol–water partition coefficient (Wildman–Crippen LogP) is 2.98. The van der Waals surface area contributed by atoms with Gasteiger partial charge < -0.3 is 14.5 Å². The fourth-order valence-electron chi connectivity index (χ4n) is 3.98. The van der Waals surface area contributed by atoms with E-state index in [1.54, 1.807) is 0 Å². The zero-order valence-corrected chi connectivity index (χ0v) is 16.7. The summed E-state index contributed by atoms with van der Waals surface area (Å²) in [5, 5.41) is 1.09. The number of amides is 2. The number of aromatic nitrogens is 1. The van der Waals surface area contributed by atoms with Crippen molar-refractivity contribution in [2.45, 2.75) is 12.5 Å². The van der Waals surface area contributed by atoms with Crippen LogP contribution in [0, 0.1) is 0 Å². The van der Waals surface area contributed by atoms with Crippen LogP contribution in [-0.2, 0) is 9.53 Å². The van der Waals surface area contributed by atoms with Gasteiger partial charge in [-0.15, -0.1) is 0 Å². The number of rotatable bonds is 3. The zero-order valence-electron chi connectivity index (χ0n) is 16.7. The second-order valence-electron chi connectivity index (χ2n) is 7.76. The lowest BCUT2D eigenvalue weighted by molar-refractivity contribution is -0.157. The quantitative estimate of drug-likeness (QED) is 0.677. The van der Waals surface area contributed by atoms with Gasteiger partial charge in [0.05, 0.1) is 12.1 Å². The molecule has 6 heteroatoms. The molecule has 0 radical (unpaired) electrons. The molecular weight excluding hydrogens is 378 g/mol. The molecule has 6 nitrogen and oxygen atoms in total. The molecule has 152 valence electrons. The third kappa shape index (κ3) is 3.55. The van der Waals surface area contributed by atoms with Crippen LogP contribution in [-0.4, -0.2) is 65.5 Å². The van der Waals surface area contributed by atoms with Gasteiger partial charge in [-0.2, -0.15) is 0 Å². The first kappa shape index (κ1) is 18.8. The summed E-state index contributed by atoms with van der Waals surface area (Å²) in [5.74, 6) is 0.0619. The van der Waals surface area contributed by atoms with Gasteiger partial charge in [0.2, 0.25) is 0 Å². The van der Waals surface area contributed by atoms with E-state index in [1.165, 1.54) is 0 Å². The van der Waals surface area contributed by atoms with E-state index in [9.17, 15) is 9.59 Å². The first-order chi connectivity index (χ1) is 14.7. The van der Waals surface area contributed by atoms with E-state index >= 15 is 0 Å². The molecule has 2 amide bonds. The van der Waals surface area contributed by atoms with Crippen molar-refractivity contribution in [3.63, 3.8) is 0 Å². The van der Waals surface area contributed by atoms with Gasteiger partial charge in [-0.05, 0) is 29.8 Å². The van der Waals surface area contributed by atoms with Crippen molar-refractivity contribution in [2.24, 2.45) is 0 Å². The van der Waals surface area contributed by atoms with Crippen LogP contribution in [0.2, 0.25) is 0 Å². The minimum absolute atomic E-state index is 0.00480. The highest BCUT2D eigenvalue weighted by Gasteiger charge is 2.33. The van der Waals surface area contributed by atoms with Crippen molar-refractivity contribution in [1.29, 1.82) is 0 Å². The van der Waals surface area contributed by atoms with Crippen molar-refractivity contribution in [2.75, 3.05) is 32.8 Å². The highest BCUT2D eigenvalue weighted by atomic mass is 16.5. The van der Waals surface area contributed by atoms with Crippen LogP contribution in [0.3, 0.4) is 0 Å². The molecule has 1 unspecified atom stereocenters. The van der Waals surface area contributed by atoms with Crippen molar-refractivity contribution in [3.8, 4) is 11.1 Å². The fraction of sp³-hybridized carbons (Fsp3) is 0.292. The maximum atomic E-state index is 12.9. The van der Waals surface area contributed by atoms with Crippen molar-refractivity contribution >= 4 is 22.7 Å². The molecule has 0 bridgehead atoms. The topological polar surface area (TPSA) is 62.7 Å². The number of hydrogen-bond acceptors (Lipinski definition) is 4. The number of benzene rings is 2. The smallest absolute Gasteiger partial charge is 0.253 e. The fourth-order valence-corrected chi connectivity index (χ4v) is 3.98. The molecule has 0 aliphatic carbocycles. The summed E-state index contributed by atoms with van der Waals surface area (Å²) in [7, 11) is 0. The highest BCUT2D eigenvalue weighted by molar-refractivity contribution is 5.95. The minimum Gasteiger partial charge on any atom is -0.368 e. The van der Waals surface area contributed by atoms with E-state index in [1.807, 2.05) is 64.5 Å². The lowest BCUT2D eigenvalue weighted by Crippen LogP contribution is -2.54. The van der Waals surface area contributed by atoms with Crippen molar-refractivity contribution in [3.05, 3.63) is 66.4 Å². The van der Waals surface area contributed by atoms with Gasteiger partial charge in [-0.1, -0.05) is 30.3 Å². The van der Waals surface area contributed by atoms with Gasteiger partial charge in [0.25, 0.3) is 11.8 Å². The maximum Gasteiger partial charge on any atom is 0.253 e. The Balaban J connectivity index is 1.25. The van der Waals surface area contributed by atoms with E-state index in [0.717, 1.165) is 28.5 Å². The summed E-state index contributed by atoms with van der Waals surface area (Å²) in [5.41, 5.74) is 3.68. The van der Waals surface area contributed by atoms with E-state index in [2.05, 4.69) is 11.1 Å². The van der Waals surface area contributed by atoms with Gasteiger partial charge in [-0.3, -0.25) is 14.6 Å². The summed E-state index contributed by atoms with van der Waals surface area (Å²) < 4.78 is 5.28. The second kappa shape index (κ2) is 7.88. The normalized spacial score (nSPS) is 18.9. The molecule has 30 heavy (non-hydrogen) atoms. The molecule has 3 aromatic rings. The molecule has 0 N–H and O–H groups in total. The maximum absolute atomic E-state index is 12.9. The Morgan fingerprint density at radius 1 is 0.900 bits per heavy atom. The molecule has 2 fully saturated rings. The SMILES string of the molecule is O=C(c1ccc(-c2cnc3ccccc3c2)cc1)N1CCN(C(=O)C2CCO2)CC1. The molecule has 5 rings (SSSR count). The standard InChI is InChI=1S/C24H23N3O3/c28-23(26-10-12-27(13-11-26)24(29)22-9-14-30-22)18-7-5-17(6-8-18)20-15-19-3-1-2-4-21(19)25-16-20/h1-8,15-16,22H,9-14H2. The van der Waals surface area contributed by atoms with Crippen molar-refractivity contribution in [1.82, 2.24) is 14.8 Å². The predicted molar refractivity (Wildman–Crippen MR) is 114 cm³/mol. The molecular formula is C24H23N3O3. The third-order valence-corrected chi connectivity index (χ3v) is 5.91. The van der Waals surface area contributed by atoms with E-state index in [0.29, 0.717) is 38.3 Å². The number of carbonyl (C=O) groups is 2. The first-order valence-electron chi connectivity index (χ1n) is 10.3. The molecule has 3 heterocycles. The third-order valence-electron chi connectivity index (χ3n) is 5.91. The van der Waals surface area contributed by atoms with Crippen LogP contribution in [0.1, 0.15) is 16.8 Å². The van der Waals surface area contributed by atoms with Gasteiger partial charge in [0.1, 0.15) is 6.10 Å². The Morgan fingerprint density at radius 3 is 2.30 bits per heavy atom. The average Bonchev–Trinajstić information content (AvgIpc) is 2.77. The summed E-state index contributed by atoms with van der Waals surface area (Å²) in [4.78, 5) is 33.3. The summed E-state index contributed by atoms with van der Waals surface area (Å²) in [6, 6.07) is 17.8. The van der Waals surface area contributed by atoms with Crippen molar-refractivity contribution < 1.29 is 14.3 Å². The Morgan fingerprint density at radius 2 is 1.60 bits per heavy atom. The van der Waals surface area contributed by atoms with Gasteiger partial charge in [0, 0.05) is 55.3 Å². The monoisotopic (exact) mass is 401 g/mol. The van der Waals surface area contributed by atoms with Crippen LogP contribution in [0.15, 0.2) is 60.8 Å². The molecule has 0 saturated carbocycles. The molecule has 2 aromatic carbocycles. The molecule has 0 spiro atoms. The number of hydrogen-bond donors (Lipinski definition) is 0. The van der Waals surface area contributed by atoms with E-state index in [-0.39, 0.29) is 17.9 Å². The number of carbonyl (C=O) groups excluding carboxylic acids is 2. The Labute approximate surface area is 175 Å².